The summed E-state index contributed by atoms with van der Waals surface area (Å²) in [4.78, 5) is 11.6. The molecule has 0 saturated carbocycles. The fourth-order valence-electron chi connectivity index (χ4n) is 1.11. The van der Waals surface area contributed by atoms with Crippen molar-refractivity contribution in [1.82, 2.24) is 9.59 Å². The SMILES string of the molecule is O=C(Nc1cnns1)c1ccc(O)cc1O. The molecule has 0 aliphatic rings. The zero-order valence-electron chi connectivity index (χ0n) is 7.91. The van der Waals surface area contributed by atoms with Gasteiger partial charge in [0.1, 0.15) is 16.5 Å². The number of carbonyl (C=O) groups excluding carboxylic acids is 1. The van der Waals surface area contributed by atoms with Crippen LogP contribution in [0.1, 0.15) is 10.4 Å². The summed E-state index contributed by atoms with van der Waals surface area (Å²) in [6, 6.07) is 3.74. The van der Waals surface area contributed by atoms with Gasteiger partial charge in [-0.25, -0.2) is 0 Å². The predicted molar refractivity (Wildman–Crippen MR) is 57.6 cm³/mol. The van der Waals surface area contributed by atoms with Gasteiger partial charge in [-0.1, -0.05) is 4.49 Å². The smallest absolute Gasteiger partial charge is 0.260 e. The van der Waals surface area contributed by atoms with Crippen LogP contribution in [-0.2, 0) is 0 Å². The van der Waals surface area contributed by atoms with Gasteiger partial charge in [-0.05, 0) is 12.1 Å². The summed E-state index contributed by atoms with van der Waals surface area (Å²) in [5, 5.41) is 25.1. The normalized spacial score (nSPS) is 10.0. The lowest BCUT2D eigenvalue weighted by Gasteiger charge is -2.04. The first-order valence-corrected chi connectivity index (χ1v) is 5.05. The van der Waals surface area contributed by atoms with Crippen molar-refractivity contribution in [3.63, 3.8) is 0 Å². The number of carbonyl (C=O) groups is 1. The largest absolute Gasteiger partial charge is 0.508 e. The molecule has 1 aromatic carbocycles. The molecule has 0 aliphatic heterocycles. The Morgan fingerprint density at radius 2 is 2.19 bits per heavy atom. The third-order valence-electron chi connectivity index (χ3n) is 1.82. The summed E-state index contributed by atoms with van der Waals surface area (Å²) in [5.41, 5.74) is 0.0752. The van der Waals surface area contributed by atoms with Gasteiger partial charge in [-0.3, -0.25) is 4.79 Å². The second-order valence-corrected chi connectivity index (χ2v) is 3.72. The molecule has 1 heterocycles. The molecule has 0 saturated heterocycles. The van der Waals surface area contributed by atoms with Crippen LogP contribution in [0, 0.1) is 0 Å². The van der Waals surface area contributed by atoms with Crippen molar-refractivity contribution in [2.24, 2.45) is 0 Å². The molecule has 0 unspecified atom stereocenters. The van der Waals surface area contributed by atoms with Gasteiger partial charge in [-0.2, -0.15) is 0 Å². The molecule has 0 fully saturated rings. The Bertz CT molecular complexity index is 513. The highest BCUT2D eigenvalue weighted by molar-refractivity contribution is 7.10. The van der Waals surface area contributed by atoms with Gasteiger partial charge in [0, 0.05) is 17.6 Å². The number of anilines is 1. The lowest BCUT2D eigenvalue weighted by atomic mass is 10.2. The number of aromatic hydroxyl groups is 2. The Kier molecular flexibility index (Phi) is 2.69. The first kappa shape index (κ1) is 10.4. The van der Waals surface area contributed by atoms with Crippen LogP contribution in [0.25, 0.3) is 0 Å². The van der Waals surface area contributed by atoms with Gasteiger partial charge < -0.3 is 15.5 Å². The number of hydrogen-bond donors (Lipinski definition) is 3. The molecule has 2 rings (SSSR count). The van der Waals surface area contributed by atoms with E-state index in [0.717, 1.165) is 17.6 Å². The Hall–Kier alpha value is -2.15. The third kappa shape index (κ3) is 2.09. The van der Waals surface area contributed by atoms with E-state index in [-0.39, 0.29) is 17.1 Å². The molecule has 6 nitrogen and oxygen atoms in total. The van der Waals surface area contributed by atoms with Crippen molar-refractivity contribution in [1.29, 1.82) is 0 Å². The molecule has 0 spiro atoms. The molecular weight excluding hydrogens is 230 g/mol. The van der Waals surface area contributed by atoms with E-state index in [1.54, 1.807) is 0 Å². The van der Waals surface area contributed by atoms with Crippen molar-refractivity contribution in [2.75, 3.05) is 5.32 Å². The van der Waals surface area contributed by atoms with Crippen LogP contribution in [0.3, 0.4) is 0 Å². The zero-order valence-corrected chi connectivity index (χ0v) is 8.73. The highest BCUT2D eigenvalue weighted by Crippen LogP contribution is 2.23. The number of nitrogens with zero attached hydrogens (tertiary/aromatic N) is 2. The summed E-state index contributed by atoms with van der Waals surface area (Å²) in [7, 11) is 0. The van der Waals surface area contributed by atoms with Gasteiger partial charge in [-0.15, -0.1) is 5.10 Å². The molecule has 0 radical (unpaired) electrons. The number of amides is 1. The Morgan fingerprint density at radius 1 is 1.38 bits per heavy atom. The summed E-state index contributed by atoms with van der Waals surface area (Å²) >= 11 is 1.03. The average molecular weight is 237 g/mol. The van der Waals surface area contributed by atoms with Crippen molar-refractivity contribution in [3.05, 3.63) is 30.0 Å². The number of hydrogen-bond acceptors (Lipinski definition) is 6. The Labute approximate surface area is 94.3 Å². The number of phenols is 2. The second-order valence-electron chi connectivity index (χ2n) is 2.94. The molecule has 7 heteroatoms. The summed E-state index contributed by atoms with van der Waals surface area (Å²) in [6.07, 6.45) is 1.40. The molecule has 2 aromatic rings. The van der Waals surface area contributed by atoms with E-state index < -0.39 is 5.91 Å². The van der Waals surface area contributed by atoms with E-state index in [1.165, 1.54) is 18.3 Å². The first-order chi connectivity index (χ1) is 7.66. The number of aromatic nitrogens is 2. The van der Waals surface area contributed by atoms with Crippen molar-refractivity contribution >= 4 is 22.4 Å². The lowest BCUT2D eigenvalue weighted by molar-refractivity contribution is 0.102. The summed E-state index contributed by atoms with van der Waals surface area (Å²) in [5.74, 6) is -0.868. The van der Waals surface area contributed by atoms with E-state index >= 15 is 0 Å². The predicted octanol–water partition coefficient (Wildman–Crippen LogP) is 1.20. The quantitative estimate of drug-likeness (QED) is 0.729. The fourth-order valence-corrected chi connectivity index (χ4v) is 1.53. The molecule has 0 atom stereocenters. The van der Waals surface area contributed by atoms with Crippen molar-refractivity contribution < 1.29 is 15.0 Å². The van der Waals surface area contributed by atoms with E-state index in [4.69, 9.17) is 5.11 Å². The summed E-state index contributed by atoms with van der Waals surface area (Å²) in [6.45, 7) is 0. The molecule has 0 aliphatic carbocycles. The maximum atomic E-state index is 11.6. The minimum atomic E-state index is -0.483. The van der Waals surface area contributed by atoms with Crippen LogP contribution >= 0.6 is 11.5 Å². The minimum Gasteiger partial charge on any atom is -0.508 e. The van der Waals surface area contributed by atoms with E-state index in [2.05, 4.69) is 14.9 Å². The van der Waals surface area contributed by atoms with Crippen LogP contribution in [0.4, 0.5) is 5.00 Å². The molecule has 16 heavy (non-hydrogen) atoms. The van der Waals surface area contributed by atoms with E-state index in [9.17, 15) is 9.90 Å². The topological polar surface area (TPSA) is 95.3 Å². The van der Waals surface area contributed by atoms with Gasteiger partial charge in [0.25, 0.3) is 5.91 Å². The van der Waals surface area contributed by atoms with Crippen molar-refractivity contribution in [2.45, 2.75) is 0 Å². The van der Waals surface area contributed by atoms with Crippen LogP contribution < -0.4 is 5.32 Å². The van der Waals surface area contributed by atoms with Gasteiger partial charge >= 0.3 is 0 Å². The second kappa shape index (κ2) is 4.15. The van der Waals surface area contributed by atoms with Crippen LogP contribution in [0.2, 0.25) is 0 Å². The highest BCUT2D eigenvalue weighted by Gasteiger charge is 2.12. The Balaban J connectivity index is 2.21. The van der Waals surface area contributed by atoms with Gasteiger partial charge in [0.2, 0.25) is 0 Å². The van der Waals surface area contributed by atoms with E-state index in [1.807, 2.05) is 0 Å². The van der Waals surface area contributed by atoms with E-state index in [0.29, 0.717) is 5.00 Å². The number of benzene rings is 1. The van der Waals surface area contributed by atoms with Gasteiger partial charge in [0.05, 0.1) is 11.8 Å². The number of rotatable bonds is 2. The van der Waals surface area contributed by atoms with Crippen molar-refractivity contribution in [3.8, 4) is 11.5 Å². The lowest BCUT2D eigenvalue weighted by Crippen LogP contribution is -2.10. The van der Waals surface area contributed by atoms with Crippen LogP contribution in [-0.4, -0.2) is 25.7 Å². The first-order valence-electron chi connectivity index (χ1n) is 4.27. The molecule has 0 bridgehead atoms. The van der Waals surface area contributed by atoms with Crippen LogP contribution in [0.15, 0.2) is 24.4 Å². The molecule has 1 aromatic heterocycles. The highest BCUT2D eigenvalue weighted by atomic mass is 32.1. The van der Waals surface area contributed by atoms with Crippen LogP contribution in [0.5, 0.6) is 11.5 Å². The maximum Gasteiger partial charge on any atom is 0.260 e. The molecule has 82 valence electrons. The molecular formula is C9H7N3O3S. The number of nitrogens with one attached hydrogen (secondary N) is 1. The molecule has 1 amide bonds. The zero-order chi connectivity index (χ0) is 11.5. The Morgan fingerprint density at radius 3 is 2.81 bits per heavy atom. The monoisotopic (exact) mass is 237 g/mol. The fraction of sp³-hybridized carbons (Fsp3) is 0. The summed E-state index contributed by atoms with van der Waals surface area (Å²) < 4.78 is 3.58. The standard InChI is InChI=1S/C9H7N3O3S/c13-5-1-2-6(7(14)3-5)9(15)11-8-4-10-12-16-8/h1-4,13-14H,(H,11,15). The third-order valence-corrected chi connectivity index (χ3v) is 2.40. The maximum absolute atomic E-state index is 11.6. The number of phenolic OH excluding ortho intramolecular Hbond substituents is 2. The van der Waals surface area contributed by atoms with Gasteiger partial charge in [0.15, 0.2) is 0 Å². The minimum absolute atomic E-state index is 0.0752. The average Bonchev–Trinajstić information content (AvgIpc) is 2.70. The molecule has 3 N–H and O–H groups in total.